The second kappa shape index (κ2) is 27.1. The lowest BCUT2D eigenvalue weighted by molar-refractivity contribution is 1.17. The van der Waals surface area contributed by atoms with Crippen LogP contribution in [0.3, 0.4) is 0 Å². The summed E-state index contributed by atoms with van der Waals surface area (Å²) in [5.74, 6) is 0. The summed E-state index contributed by atoms with van der Waals surface area (Å²) in [5, 5.41) is 14.7. The summed E-state index contributed by atoms with van der Waals surface area (Å²) < 4.78 is 4.78. The molecule has 18 aromatic rings. The molecule has 15 aromatic carbocycles. The molecular weight excluding hydrogens is 1270 g/mol. The van der Waals surface area contributed by atoms with Gasteiger partial charge < -0.3 is 28.7 Å². The molecule has 0 atom stereocenters. The molecule has 0 bridgehead atoms. The first-order valence-electron chi connectivity index (χ1n) is 35.1. The van der Waals surface area contributed by atoms with E-state index < -0.39 is 0 Å². The van der Waals surface area contributed by atoms with Crippen molar-refractivity contribution in [2.24, 2.45) is 0 Å². The van der Waals surface area contributed by atoms with Crippen LogP contribution in [0.25, 0.3) is 88.6 Å². The predicted molar refractivity (Wildman–Crippen MR) is 433 cm³/mol. The number of rotatable bonds is 17. The first-order valence-corrected chi connectivity index (χ1v) is 35.1. The van der Waals surface area contributed by atoms with Crippen LogP contribution >= 0.6 is 0 Å². The molecule has 0 aliphatic carbocycles. The van der Waals surface area contributed by atoms with Crippen LogP contribution in [0.4, 0.5) is 68.2 Å². The molecule has 0 aliphatic heterocycles. The first kappa shape index (κ1) is 62.0. The van der Waals surface area contributed by atoms with Crippen LogP contribution in [0.5, 0.6) is 0 Å². The normalized spacial score (nSPS) is 11.3. The van der Waals surface area contributed by atoms with Crippen molar-refractivity contribution in [3.05, 3.63) is 406 Å². The molecule has 3 aromatic heterocycles. The molecule has 490 valence electrons. The number of nitriles is 1. The van der Waals surface area contributed by atoms with Gasteiger partial charge in [-0.15, -0.1) is 0 Å². The number of pyridine rings is 1. The van der Waals surface area contributed by atoms with Gasteiger partial charge in [0.1, 0.15) is 0 Å². The Kier molecular flexibility index (Phi) is 16.2. The fourth-order valence-corrected chi connectivity index (χ4v) is 14.8. The largest absolute Gasteiger partial charge is 0.310 e. The van der Waals surface area contributed by atoms with E-state index in [9.17, 15) is 5.26 Å². The van der Waals surface area contributed by atoms with Gasteiger partial charge in [0.25, 0.3) is 0 Å². The van der Waals surface area contributed by atoms with E-state index in [4.69, 9.17) is 4.98 Å². The van der Waals surface area contributed by atoms with Gasteiger partial charge in [-0.1, -0.05) is 182 Å². The van der Waals surface area contributed by atoms with E-state index >= 15 is 0 Å². The average molecular weight is 1330 g/mol. The van der Waals surface area contributed by atoms with Gasteiger partial charge in [-0.25, -0.2) is 4.98 Å². The van der Waals surface area contributed by atoms with Crippen LogP contribution in [0, 0.1) is 11.3 Å². The number of aromatic nitrogens is 3. The monoisotopic (exact) mass is 1330 g/mol. The fourth-order valence-electron chi connectivity index (χ4n) is 14.8. The number of para-hydroxylation sites is 8. The zero-order chi connectivity index (χ0) is 69.3. The maximum absolute atomic E-state index is 10.2. The molecule has 104 heavy (non-hydrogen) atoms. The lowest BCUT2D eigenvalue weighted by atomic mass is 9.98. The Morgan fingerprint density at radius 1 is 0.212 bits per heavy atom. The quantitative estimate of drug-likeness (QED) is 0.0905. The summed E-state index contributed by atoms with van der Waals surface area (Å²) in [6.07, 6.45) is 0. The molecule has 3 heterocycles. The van der Waals surface area contributed by atoms with E-state index in [2.05, 4.69) is 417 Å². The standard InChI is InChI=1S/C96H66N8/c97-67-68-26-25-27-71(60-68)72-61-91(69-44-48-81(49-45-69)103-93-56-52-83(99(73-28-9-1-10-29-73)74-30-11-2-12-31-74)63-87(93)88-64-84(53-57-94(88)103)100(75-32-13-3-14-33-75)76-34-15-4-16-35-76)98-92(62-72)70-46-50-82(51-47-70)104-95-58-54-85(101(77-36-17-5-18-37-77)78-38-19-6-20-39-78)65-89(95)90-66-86(55-59-96(90)104)102(79-40-21-7-22-41-79)80-42-23-8-24-43-80/h1-66H. The van der Waals surface area contributed by atoms with Gasteiger partial charge in [-0.3, -0.25) is 0 Å². The minimum Gasteiger partial charge on any atom is -0.310 e. The van der Waals surface area contributed by atoms with Crippen molar-refractivity contribution in [3.8, 4) is 51.1 Å². The summed E-state index contributed by atoms with van der Waals surface area (Å²) in [4.78, 5) is 14.9. The molecule has 0 amide bonds. The number of nitrogens with zero attached hydrogens (tertiary/aromatic N) is 8. The van der Waals surface area contributed by atoms with Gasteiger partial charge in [0.15, 0.2) is 0 Å². The van der Waals surface area contributed by atoms with Gasteiger partial charge in [0.05, 0.1) is 45.1 Å². The number of hydrogen-bond acceptors (Lipinski definition) is 6. The summed E-state index contributed by atoms with van der Waals surface area (Å²) in [6.45, 7) is 0. The molecule has 18 rings (SSSR count). The van der Waals surface area contributed by atoms with E-state index in [1.54, 1.807) is 0 Å². The SMILES string of the molecule is N#Cc1cccc(-c2cc(-c3ccc(-n4c5ccc(N(c6ccccc6)c6ccccc6)cc5c5cc(N(c6ccccc6)c6ccccc6)ccc54)cc3)nc(-c3ccc(-n4c5ccc(N(c6ccccc6)c6ccccc6)cc5c5cc(N(c6ccccc6)c6ccccc6)ccc54)cc3)c2)c1. The molecular formula is C96H66N8. The van der Waals surface area contributed by atoms with Gasteiger partial charge >= 0.3 is 0 Å². The third-order valence-corrected chi connectivity index (χ3v) is 19.6. The van der Waals surface area contributed by atoms with Gasteiger partial charge in [-0.2, -0.15) is 5.26 Å². The zero-order valence-corrected chi connectivity index (χ0v) is 56.7. The smallest absolute Gasteiger partial charge is 0.0991 e. The van der Waals surface area contributed by atoms with Crippen molar-refractivity contribution in [2.75, 3.05) is 19.6 Å². The summed E-state index contributed by atoms with van der Waals surface area (Å²) in [5.41, 5.74) is 25.1. The van der Waals surface area contributed by atoms with Crippen molar-refractivity contribution in [1.29, 1.82) is 5.26 Å². The van der Waals surface area contributed by atoms with Gasteiger partial charge in [0, 0.05) is 112 Å². The van der Waals surface area contributed by atoms with Crippen molar-refractivity contribution in [1.82, 2.24) is 14.1 Å². The van der Waals surface area contributed by atoms with Crippen LogP contribution in [0.1, 0.15) is 5.56 Å². The lowest BCUT2D eigenvalue weighted by Gasteiger charge is -2.26. The molecule has 0 radical (unpaired) electrons. The van der Waals surface area contributed by atoms with E-state index in [-0.39, 0.29) is 0 Å². The second-order valence-electron chi connectivity index (χ2n) is 25.9. The van der Waals surface area contributed by atoms with Crippen molar-refractivity contribution in [2.45, 2.75) is 0 Å². The Bertz CT molecular complexity index is 5360. The van der Waals surface area contributed by atoms with Crippen LogP contribution in [0.2, 0.25) is 0 Å². The van der Waals surface area contributed by atoms with Crippen molar-refractivity contribution in [3.63, 3.8) is 0 Å². The highest BCUT2D eigenvalue weighted by molar-refractivity contribution is 6.14. The second-order valence-corrected chi connectivity index (χ2v) is 25.9. The summed E-state index contributed by atoms with van der Waals surface area (Å²) in [7, 11) is 0. The molecule has 0 spiro atoms. The Morgan fingerprint density at radius 2 is 0.471 bits per heavy atom. The Balaban J connectivity index is 0.757. The fraction of sp³-hybridized carbons (Fsp3) is 0. The van der Waals surface area contributed by atoms with Crippen LogP contribution in [0.15, 0.2) is 400 Å². The lowest BCUT2D eigenvalue weighted by Crippen LogP contribution is -2.09. The molecule has 0 aliphatic rings. The predicted octanol–water partition coefficient (Wildman–Crippen LogP) is 26.0. The Labute approximate surface area is 604 Å². The van der Waals surface area contributed by atoms with E-state index in [1.807, 2.05) is 18.2 Å². The Morgan fingerprint density at radius 3 is 0.721 bits per heavy atom. The number of benzene rings is 15. The molecule has 8 nitrogen and oxygen atoms in total. The minimum atomic E-state index is 0.591. The maximum Gasteiger partial charge on any atom is 0.0991 e. The summed E-state index contributed by atoms with van der Waals surface area (Å²) >= 11 is 0. The van der Waals surface area contributed by atoms with Crippen molar-refractivity contribution < 1.29 is 0 Å². The van der Waals surface area contributed by atoms with E-state index in [0.717, 1.165) is 157 Å². The zero-order valence-electron chi connectivity index (χ0n) is 56.7. The highest BCUT2D eigenvalue weighted by atomic mass is 15.2. The average Bonchev–Trinajstić information content (AvgIpc) is 1.58. The molecule has 0 saturated carbocycles. The van der Waals surface area contributed by atoms with Crippen molar-refractivity contribution >= 4 is 112 Å². The van der Waals surface area contributed by atoms with E-state index in [1.165, 1.54) is 0 Å². The van der Waals surface area contributed by atoms with Crippen LogP contribution < -0.4 is 19.6 Å². The molecule has 0 unspecified atom stereocenters. The highest BCUT2D eigenvalue weighted by Crippen LogP contribution is 2.46. The third kappa shape index (κ3) is 11.7. The maximum atomic E-state index is 10.2. The van der Waals surface area contributed by atoms with Crippen LogP contribution in [-0.4, -0.2) is 14.1 Å². The summed E-state index contributed by atoms with van der Waals surface area (Å²) in [6, 6.07) is 144. The van der Waals surface area contributed by atoms with E-state index in [0.29, 0.717) is 5.56 Å². The highest BCUT2D eigenvalue weighted by Gasteiger charge is 2.24. The van der Waals surface area contributed by atoms with Gasteiger partial charge in [-0.05, 0) is 230 Å². The third-order valence-electron chi connectivity index (χ3n) is 19.6. The minimum absolute atomic E-state index is 0.591. The molecule has 0 saturated heterocycles. The Hall–Kier alpha value is -14.3. The molecule has 0 N–H and O–H groups in total. The number of anilines is 12. The molecule has 0 fully saturated rings. The van der Waals surface area contributed by atoms with Crippen LogP contribution in [-0.2, 0) is 0 Å². The topological polar surface area (TPSA) is 59.5 Å². The molecule has 8 heteroatoms. The number of fused-ring (bicyclic) bond motifs is 6. The first-order chi connectivity index (χ1) is 51.5. The van der Waals surface area contributed by atoms with Gasteiger partial charge in [0.2, 0.25) is 0 Å². The number of hydrogen-bond donors (Lipinski definition) is 0.